The number of hydrogen-bond acceptors (Lipinski definition) is 5. The second-order valence-corrected chi connectivity index (χ2v) is 5.96. The SMILES string of the molecule is O=C(O)c1cccc2c(=O)[nH]c(/C=C/c3ccc(OC(F)F)c(C(=O)N(F)F)c3)nc12. The maximum Gasteiger partial charge on any atom is 0.387 e. The molecule has 12 heteroatoms. The molecule has 160 valence electrons. The van der Waals surface area contributed by atoms with Crippen LogP contribution in [0.3, 0.4) is 0 Å². The van der Waals surface area contributed by atoms with Crippen molar-refractivity contribution in [3.63, 3.8) is 0 Å². The van der Waals surface area contributed by atoms with Crippen LogP contribution in [0.5, 0.6) is 5.75 Å². The van der Waals surface area contributed by atoms with Crippen molar-refractivity contribution < 1.29 is 37.2 Å². The quantitative estimate of drug-likeness (QED) is 0.450. The fraction of sp³-hybridized carbons (Fsp3) is 0.0526. The number of alkyl halides is 2. The highest BCUT2D eigenvalue weighted by Crippen LogP contribution is 2.25. The van der Waals surface area contributed by atoms with Crippen LogP contribution < -0.4 is 10.3 Å². The normalized spacial score (nSPS) is 11.3. The van der Waals surface area contributed by atoms with Crippen LogP contribution in [0, 0.1) is 0 Å². The summed E-state index contributed by atoms with van der Waals surface area (Å²) in [4.78, 5) is 41.6. The number of rotatable bonds is 6. The number of aromatic carboxylic acids is 1. The van der Waals surface area contributed by atoms with E-state index in [1.54, 1.807) is 0 Å². The number of para-hydroxylation sites is 1. The van der Waals surface area contributed by atoms with Crippen molar-refractivity contribution in [1.29, 1.82) is 0 Å². The molecule has 0 aliphatic carbocycles. The van der Waals surface area contributed by atoms with Gasteiger partial charge in [0.1, 0.15) is 11.6 Å². The molecule has 0 atom stereocenters. The van der Waals surface area contributed by atoms with Gasteiger partial charge in [-0.3, -0.25) is 9.59 Å². The summed E-state index contributed by atoms with van der Waals surface area (Å²) in [6, 6.07) is 7.03. The first-order chi connectivity index (χ1) is 14.7. The van der Waals surface area contributed by atoms with Gasteiger partial charge in [0.2, 0.25) is 0 Å². The Morgan fingerprint density at radius 1 is 1.13 bits per heavy atom. The Morgan fingerprint density at radius 2 is 1.87 bits per heavy atom. The third kappa shape index (κ3) is 4.69. The van der Waals surface area contributed by atoms with Crippen LogP contribution in [-0.4, -0.2) is 38.9 Å². The summed E-state index contributed by atoms with van der Waals surface area (Å²) >= 11 is 0. The largest absolute Gasteiger partial charge is 0.478 e. The fourth-order valence-electron chi connectivity index (χ4n) is 2.71. The van der Waals surface area contributed by atoms with Crippen molar-refractivity contribution in [2.24, 2.45) is 0 Å². The number of aromatic amines is 1. The number of amides is 1. The number of H-pyrrole nitrogens is 1. The van der Waals surface area contributed by atoms with E-state index in [0.29, 0.717) is 0 Å². The van der Waals surface area contributed by atoms with Crippen molar-refractivity contribution in [3.8, 4) is 5.75 Å². The van der Waals surface area contributed by atoms with E-state index < -0.39 is 40.7 Å². The van der Waals surface area contributed by atoms with Crippen LogP contribution in [0.2, 0.25) is 0 Å². The lowest BCUT2D eigenvalue weighted by Gasteiger charge is -2.10. The minimum atomic E-state index is -3.34. The van der Waals surface area contributed by atoms with Crippen LogP contribution in [0.15, 0.2) is 41.2 Å². The van der Waals surface area contributed by atoms with E-state index in [1.165, 1.54) is 36.4 Å². The van der Waals surface area contributed by atoms with Gasteiger partial charge >= 0.3 is 18.5 Å². The molecule has 1 amide bonds. The van der Waals surface area contributed by atoms with Crippen LogP contribution in [0.4, 0.5) is 17.7 Å². The van der Waals surface area contributed by atoms with E-state index in [4.69, 9.17) is 0 Å². The third-order valence-corrected chi connectivity index (χ3v) is 4.02. The minimum Gasteiger partial charge on any atom is -0.478 e. The molecule has 3 rings (SSSR count). The number of fused-ring (bicyclic) bond motifs is 1. The van der Waals surface area contributed by atoms with E-state index in [9.17, 15) is 37.2 Å². The number of nitrogens with one attached hydrogen (secondary N) is 1. The highest BCUT2D eigenvalue weighted by molar-refractivity contribution is 6.01. The average molecular weight is 437 g/mol. The number of carbonyl (C=O) groups is 2. The van der Waals surface area contributed by atoms with Gasteiger partial charge in [-0.15, -0.1) is 0 Å². The molecule has 0 bridgehead atoms. The van der Waals surface area contributed by atoms with E-state index in [0.717, 1.165) is 12.1 Å². The monoisotopic (exact) mass is 437 g/mol. The molecule has 31 heavy (non-hydrogen) atoms. The van der Waals surface area contributed by atoms with E-state index in [-0.39, 0.29) is 27.9 Å². The molecule has 2 aromatic carbocycles. The first kappa shape index (κ1) is 21.5. The highest BCUT2D eigenvalue weighted by atomic mass is 19.4. The number of carboxylic acids is 1. The summed E-state index contributed by atoms with van der Waals surface area (Å²) in [5.41, 5.74) is -1.59. The Morgan fingerprint density at radius 3 is 2.52 bits per heavy atom. The molecule has 3 aromatic rings. The maximum atomic E-state index is 12.6. The minimum absolute atomic E-state index is 0.0458. The molecule has 0 fully saturated rings. The van der Waals surface area contributed by atoms with Crippen LogP contribution in [-0.2, 0) is 0 Å². The molecule has 0 radical (unpaired) electrons. The van der Waals surface area contributed by atoms with Crippen molar-refractivity contribution >= 4 is 34.9 Å². The lowest BCUT2D eigenvalue weighted by molar-refractivity contribution is -0.109. The van der Waals surface area contributed by atoms with Gasteiger partial charge in [-0.25, -0.2) is 9.78 Å². The zero-order chi connectivity index (χ0) is 22.7. The molecular weight excluding hydrogens is 426 g/mol. The number of hydrogen-bond donors (Lipinski definition) is 2. The molecule has 8 nitrogen and oxygen atoms in total. The summed E-state index contributed by atoms with van der Waals surface area (Å²) in [5.74, 6) is -3.97. The lowest BCUT2D eigenvalue weighted by Crippen LogP contribution is -2.16. The molecule has 0 aliphatic rings. The standard InChI is InChI=1S/C19H11F4N3O5/c20-19(21)31-13-6-4-9(8-12(13)17(28)26(22)23)5-7-14-24-15-10(16(27)25-14)2-1-3-11(15)18(29)30/h1-8,19H,(H,29,30)(H,24,25,27)/b7-5+. The number of carbonyl (C=O) groups excluding carboxylic acids is 1. The summed E-state index contributed by atoms with van der Waals surface area (Å²) < 4.78 is 54.3. The van der Waals surface area contributed by atoms with E-state index in [1.807, 2.05) is 0 Å². The molecule has 1 aromatic heterocycles. The van der Waals surface area contributed by atoms with Crippen molar-refractivity contribution in [2.75, 3.05) is 0 Å². The van der Waals surface area contributed by atoms with Gasteiger partial charge in [0.25, 0.3) is 5.56 Å². The average Bonchev–Trinajstić information content (AvgIpc) is 2.71. The first-order valence-electron chi connectivity index (χ1n) is 8.36. The summed E-state index contributed by atoms with van der Waals surface area (Å²) in [6.45, 7) is -3.34. The predicted octanol–water partition coefficient (Wildman–Crippen LogP) is 3.60. The van der Waals surface area contributed by atoms with Crippen molar-refractivity contribution in [1.82, 2.24) is 15.3 Å². The van der Waals surface area contributed by atoms with Gasteiger partial charge in [0.05, 0.1) is 22.0 Å². The maximum absolute atomic E-state index is 12.6. The Labute approximate surface area is 169 Å². The molecule has 1 heterocycles. The second kappa shape index (κ2) is 8.65. The van der Waals surface area contributed by atoms with Gasteiger partial charge in [-0.05, 0) is 35.9 Å². The van der Waals surface area contributed by atoms with Gasteiger partial charge < -0.3 is 14.8 Å². The van der Waals surface area contributed by atoms with Gasteiger partial charge in [0.15, 0.2) is 0 Å². The van der Waals surface area contributed by atoms with Gasteiger partial charge in [-0.2, -0.15) is 8.78 Å². The van der Waals surface area contributed by atoms with Crippen molar-refractivity contribution in [2.45, 2.75) is 6.61 Å². The molecule has 0 spiro atoms. The van der Waals surface area contributed by atoms with Gasteiger partial charge in [0, 0.05) is 5.34 Å². The number of benzene rings is 2. The molecule has 0 saturated heterocycles. The fourth-order valence-corrected chi connectivity index (χ4v) is 2.71. The van der Waals surface area contributed by atoms with Crippen molar-refractivity contribution in [3.05, 3.63) is 69.3 Å². The van der Waals surface area contributed by atoms with Crippen LogP contribution >= 0.6 is 0 Å². The number of carboxylic acid groups (broad SMARTS) is 1. The lowest BCUT2D eigenvalue weighted by atomic mass is 10.1. The Kier molecular flexibility index (Phi) is 6.00. The third-order valence-electron chi connectivity index (χ3n) is 4.02. The Bertz CT molecular complexity index is 1260. The smallest absolute Gasteiger partial charge is 0.387 e. The number of halogens is 4. The van der Waals surface area contributed by atoms with Crippen LogP contribution in [0.1, 0.15) is 32.1 Å². The predicted molar refractivity (Wildman–Crippen MR) is 99.7 cm³/mol. The summed E-state index contributed by atoms with van der Waals surface area (Å²) in [6.07, 6.45) is 2.47. The Hall–Kier alpha value is -4.22. The Balaban J connectivity index is 2.03. The number of nitrogens with zero attached hydrogens (tertiary/aromatic N) is 2. The zero-order valence-corrected chi connectivity index (χ0v) is 15.2. The molecule has 0 aliphatic heterocycles. The van der Waals surface area contributed by atoms with E-state index in [2.05, 4.69) is 14.7 Å². The molecular formula is C19H11F4N3O5. The van der Waals surface area contributed by atoms with Crippen LogP contribution in [0.25, 0.3) is 23.1 Å². The van der Waals surface area contributed by atoms with Gasteiger partial charge in [-0.1, -0.05) is 27.2 Å². The number of aromatic nitrogens is 2. The second-order valence-electron chi connectivity index (χ2n) is 5.96. The zero-order valence-electron chi connectivity index (χ0n) is 15.2. The molecule has 2 N–H and O–H groups in total. The first-order valence-corrected chi connectivity index (χ1v) is 8.36. The van der Waals surface area contributed by atoms with E-state index >= 15 is 0 Å². The summed E-state index contributed by atoms with van der Waals surface area (Å²) in [7, 11) is 0. The topological polar surface area (TPSA) is 113 Å². The highest BCUT2D eigenvalue weighted by Gasteiger charge is 2.22. The molecule has 0 saturated carbocycles. The summed E-state index contributed by atoms with van der Waals surface area (Å²) in [5, 5.41) is 7.52. The number of ether oxygens (including phenoxy) is 1. The molecule has 0 unspecified atom stereocenters.